The molecule has 2 rings (SSSR count). The largest absolute Gasteiger partial charge is 0.391 e. The summed E-state index contributed by atoms with van der Waals surface area (Å²) in [5.74, 6) is 5.38. The van der Waals surface area contributed by atoms with E-state index >= 15 is 0 Å². The second-order valence-electron chi connectivity index (χ2n) is 4.48. The Kier molecular flexibility index (Phi) is 4.11. The van der Waals surface area contributed by atoms with Gasteiger partial charge in [0.15, 0.2) is 5.82 Å². The Morgan fingerprint density at radius 3 is 2.94 bits per heavy atom. The molecular weight excluding hydrogens is 232 g/mol. The van der Waals surface area contributed by atoms with Gasteiger partial charge in [-0.2, -0.15) is 0 Å². The van der Waals surface area contributed by atoms with Crippen molar-refractivity contribution >= 4 is 11.7 Å². The Morgan fingerprint density at radius 1 is 1.44 bits per heavy atom. The molecule has 18 heavy (non-hydrogen) atoms. The number of carbonyl (C=O) groups is 1. The molecule has 1 aliphatic carbocycles. The number of aliphatic hydroxyl groups is 1. The standard InChI is InChI=1S/C12H18N4O2/c13-16-11-8(4-3-7-14-11)12(18)15-9-5-1-2-6-10(9)17/h3-4,7,9-10,17H,1-2,5-6,13H2,(H,14,16)(H,15,18). The topological polar surface area (TPSA) is 100 Å². The summed E-state index contributed by atoms with van der Waals surface area (Å²) < 4.78 is 0. The average Bonchev–Trinajstić information content (AvgIpc) is 2.41. The van der Waals surface area contributed by atoms with E-state index in [0.717, 1.165) is 25.7 Å². The number of pyridine rings is 1. The molecule has 6 heteroatoms. The first kappa shape index (κ1) is 12.8. The van der Waals surface area contributed by atoms with E-state index in [4.69, 9.17) is 5.84 Å². The number of carbonyl (C=O) groups excluding carboxylic acids is 1. The summed E-state index contributed by atoms with van der Waals surface area (Å²) in [5, 5.41) is 12.7. The van der Waals surface area contributed by atoms with Crippen LogP contribution in [0.25, 0.3) is 0 Å². The molecule has 0 radical (unpaired) electrons. The predicted molar refractivity (Wildman–Crippen MR) is 67.8 cm³/mol. The van der Waals surface area contributed by atoms with Crippen molar-refractivity contribution in [3.05, 3.63) is 23.9 Å². The van der Waals surface area contributed by atoms with Gasteiger partial charge in [0.25, 0.3) is 5.91 Å². The molecule has 1 fully saturated rings. The summed E-state index contributed by atoms with van der Waals surface area (Å²) in [6, 6.07) is 3.14. The van der Waals surface area contributed by atoms with Gasteiger partial charge >= 0.3 is 0 Å². The highest BCUT2D eigenvalue weighted by Gasteiger charge is 2.25. The minimum absolute atomic E-state index is 0.183. The highest BCUT2D eigenvalue weighted by atomic mass is 16.3. The molecule has 1 amide bonds. The molecule has 0 aliphatic heterocycles. The van der Waals surface area contributed by atoms with Crippen LogP contribution in [0.5, 0.6) is 0 Å². The first-order valence-electron chi connectivity index (χ1n) is 6.13. The number of nitrogens with zero attached hydrogens (tertiary/aromatic N) is 1. The van der Waals surface area contributed by atoms with E-state index in [1.165, 1.54) is 0 Å². The summed E-state index contributed by atoms with van der Waals surface area (Å²) in [6.45, 7) is 0. The van der Waals surface area contributed by atoms with Crippen molar-refractivity contribution in [2.45, 2.75) is 37.8 Å². The van der Waals surface area contributed by atoms with Crippen molar-refractivity contribution in [3.63, 3.8) is 0 Å². The number of aliphatic hydroxyl groups excluding tert-OH is 1. The maximum atomic E-state index is 12.1. The van der Waals surface area contributed by atoms with Gasteiger partial charge in [-0.15, -0.1) is 0 Å². The average molecular weight is 250 g/mol. The molecule has 1 aromatic heterocycles. The van der Waals surface area contributed by atoms with Crippen LogP contribution >= 0.6 is 0 Å². The summed E-state index contributed by atoms with van der Waals surface area (Å²) >= 11 is 0. The van der Waals surface area contributed by atoms with Crippen LogP contribution in [-0.4, -0.2) is 28.1 Å². The van der Waals surface area contributed by atoms with E-state index in [2.05, 4.69) is 15.7 Å². The molecule has 6 nitrogen and oxygen atoms in total. The minimum Gasteiger partial charge on any atom is -0.391 e. The number of hydrogen-bond acceptors (Lipinski definition) is 5. The lowest BCUT2D eigenvalue weighted by atomic mass is 9.92. The Bertz CT molecular complexity index is 424. The molecule has 1 heterocycles. The molecule has 1 saturated carbocycles. The molecule has 2 unspecified atom stereocenters. The number of aromatic nitrogens is 1. The number of nitrogen functional groups attached to an aromatic ring is 1. The van der Waals surface area contributed by atoms with E-state index in [1.54, 1.807) is 18.3 Å². The Morgan fingerprint density at radius 2 is 2.22 bits per heavy atom. The summed E-state index contributed by atoms with van der Waals surface area (Å²) in [7, 11) is 0. The van der Waals surface area contributed by atoms with E-state index in [-0.39, 0.29) is 11.9 Å². The monoisotopic (exact) mass is 250 g/mol. The van der Waals surface area contributed by atoms with Gasteiger partial charge in [-0.25, -0.2) is 10.8 Å². The number of anilines is 1. The lowest BCUT2D eigenvalue weighted by Gasteiger charge is -2.28. The highest BCUT2D eigenvalue weighted by molar-refractivity contribution is 5.98. The number of amides is 1. The van der Waals surface area contributed by atoms with Crippen molar-refractivity contribution in [3.8, 4) is 0 Å². The molecule has 5 N–H and O–H groups in total. The zero-order chi connectivity index (χ0) is 13.0. The van der Waals surface area contributed by atoms with Gasteiger partial charge in [-0.05, 0) is 25.0 Å². The fraction of sp³-hybridized carbons (Fsp3) is 0.500. The fourth-order valence-electron chi connectivity index (χ4n) is 2.23. The van der Waals surface area contributed by atoms with Crippen molar-refractivity contribution in [2.24, 2.45) is 5.84 Å². The van der Waals surface area contributed by atoms with Crippen molar-refractivity contribution in [2.75, 3.05) is 5.43 Å². The van der Waals surface area contributed by atoms with Crippen LogP contribution < -0.4 is 16.6 Å². The normalized spacial score (nSPS) is 23.4. The number of nitrogens with one attached hydrogen (secondary N) is 2. The lowest BCUT2D eigenvalue weighted by Crippen LogP contribution is -2.45. The Labute approximate surface area is 106 Å². The molecule has 0 aromatic carbocycles. The van der Waals surface area contributed by atoms with Gasteiger partial charge < -0.3 is 15.8 Å². The quantitative estimate of drug-likeness (QED) is 0.459. The number of hydrazine groups is 1. The van der Waals surface area contributed by atoms with Crippen molar-refractivity contribution < 1.29 is 9.90 Å². The predicted octanol–water partition coefficient (Wildman–Crippen LogP) is 0.400. The van der Waals surface area contributed by atoms with Crippen LogP contribution in [-0.2, 0) is 0 Å². The first-order valence-corrected chi connectivity index (χ1v) is 6.13. The number of nitrogens with two attached hydrogens (primary N) is 1. The third-order valence-electron chi connectivity index (χ3n) is 3.24. The second kappa shape index (κ2) is 5.79. The smallest absolute Gasteiger partial charge is 0.255 e. The number of hydrogen-bond donors (Lipinski definition) is 4. The van der Waals surface area contributed by atoms with Crippen LogP contribution in [0.4, 0.5) is 5.82 Å². The lowest BCUT2D eigenvalue weighted by molar-refractivity contribution is 0.0717. The molecule has 1 aliphatic rings. The van der Waals surface area contributed by atoms with Gasteiger partial charge in [0.2, 0.25) is 0 Å². The second-order valence-corrected chi connectivity index (χ2v) is 4.48. The van der Waals surface area contributed by atoms with Crippen LogP contribution in [0.1, 0.15) is 36.0 Å². The first-order chi connectivity index (χ1) is 8.72. The fourth-order valence-corrected chi connectivity index (χ4v) is 2.23. The van der Waals surface area contributed by atoms with Crippen LogP contribution in [0.2, 0.25) is 0 Å². The molecule has 98 valence electrons. The van der Waals surface area contributed by atoms with Crippen LogP contribution in [0.15, 0.2) is 18.3 Å². The van der Waals surface area contributed by atoms with E-state index in [1.807, 2.05) is 0 Å². The van der Waals surface area contributed by atoms with Crippen LogP contribution in [0, 0.1) is 0 Å². The maximum Gasteiger partial charge on any atom is 0.255 e. The van der Waals surface area contributed by atoms with Crippen LogP contribution in [0.3, 0.4) is 0 Å². The summed E-state index contributed by atoms with van der Waals surface area (Å²) in [6.07, 6.45) is 4.67. The molecule has 0 saturated heterocycles. The van der Waals surface area contributed by atoms with Gasteiger partial charge in [-0.3, -0.25) is 4.79 Å². The third-order valence-corrected chi connectivity index (χ3v) is 3.24. The molecule has 0 bridgehead atoms. The van der Waals surface area contributed by atoms with Crippen molar-refractivity contribution in [1.29, 1.82) is 0 Å². The molecule has 2 atom stereocenters. The zero-order valence-electron chi connectivity index (χ0n) is 10.1. The Hall–Kier alpha value is -1.66. The van der Waals surface area contributed by atoms with E-state index in [9.17, 15) is 9.90 Å². The van der Waals surface area contributed by atoms with Gasteiger partial charge in [0, 0.05) is 6.20 Å². The Balaban J connectivity index is 2.07. The SMILES string of the molecule is NNc1ncccc1C(=O)NC1CCCCC1O. The maximum absolute atomic E-state index is 12.1. The van der Waals surface area contributed by atoms with Gasteiger partial charge in [0.1, 0.15) is 0 Å². The summed E-state index contributed by atoms with van der Waals surface area (Å²) in [5.41, 5.74) is 2.78. The van der Waals surface area contributed by atoms with E-state index < -0.39 is 6.10 Å². The minimum atomic E-state index is -0.464. The molecule has 1 aromatic rings. The third kappa shape index (κ3) is 2.77. The highest BCUT2D eigenvalue weighted by Crippen LogP contribution is 2.19. The zero-order valence-corrected chi connectivity index (χ0v) is 10.1. The van der Waals surface area contributed by atoms with Gasteiger partial charge in [-0.1, -0.05) is 12.8 Å². The van der Waals surface area contributed by atoms with Gasteiger partial charge in [0.05, 0.1) is 17.7 Å². The molecular formula is C12H18N4O2. The number of rotatable bonds is 3. The summed E-state index contributed by atoms with van der Waals surface area (Å²) in [4.78, 5) is 16.1. The molecule has 0 spiro atoms. The van der Waals surface area contributed by atoms with Crippen molar-refractivity contribution in [1.82, 2.24) is 10.3 Å². The van der Waals surface area contributed by atoms with E-state index in [0.29, 0.717) is 11.4 Å².